The maximum atomic E-state index is 13.1. The van der Waals surface area contributed by atoms with Crippen molar-refractivity contribution >= 4 is 5.91 Å². The molecule has 4 bridgehead atoms. The van der Waals surface area contributed by atoms with Gasteiger partial charge < -0.3 is 15.2 Å². The lowest BCUT2D eigenvalue weighted by Crippen LogP contribution is -2.74. The third-order valence-corrected chi connectivity index (χ3v) is 9.84. The van der Waals surface area contributed by atoms with Gasteiger partial charge in [-0.2, -0.15) is 0 Å². The third kappa shape index (κ3) is 3.46. The van der Waals surface area contributed by atoms with Crippen molar-refractivity contribution in [2.75, 3.05) is 13.1 Å². The largest absolute Gasteiger partial charge is 0.508 e. The van der Waals surface area contributed by atoms with Gasteiger partial charge in [0.1, 0.15) is 5.75 Å². The number of carbonyl (C=O) groups is 1. The van der Waals surface area contributed by atoms with Crippen molar-refractivity contribution in [1.29, 1.82) is 0 Å². The number of phenols is 1. The van der Waals surface area contributed by atoms with E-state index in [9.17, 15) is 9.90 Å². The van der Waals surface area contributed by atoms with Gasteiger partial charge in [-0.25, -0.2) is 0 Å². The van der Waals surface area contributed by atoms with Crippen molar-refractivity contribution in [3.8, 4) is 5.75 Å². The van der Waals surface area contributed by atoms with E-state index in [1.165, 1.54) is 36.1 Å². The van der Waals surface area contributed by atoms with Crippen molar-refractivity contribution in [2.24, 2.45) is 5.92 Å². The van der Waals surface area contributed by atoms with Gasteiger partial charge in [-0.1, -0.05) is 36.4 Å². The number of aromatic hydroxyl groups is 1. The Hall–Kier alpha value is -2.37. The summed E-state index contributed by atoms with van der Waals surface area (Å²) in [5.41, 5.74) is 3.50. The fraction of sp³-hybridized carbons (Fsp3) is 0.567. The Bertz CT molecular complexity index is 1130. The molecule has 35 heavy (non-hydrogen) atoms. The van der Waals surface area contributed by atoms with Gasteiger partial charge in [0.15, 0.2) is 0 Å². The predicted octanol–water partition coefficient (Wildman–Crippen LogP) is 4.11. The molecular formula is C30H36N2O3. The van der Waals surface area contributed by atoms with Gasteiger partial charge in [-0.05, 0) is 92.7 Å². The first-order valence-electron chi connectivity index (χ1n) is 13.6. The molecule has 4 fully saturated rings. The Morgan fingerprint density at radius 3 is 2.80 bits per heavy atom. The zero-order chi connectivity index (χ0) is 23.6. The summed E-state index contributed by atoms with van der Waals surface area (Å²) in [6, 6.07) is 16.7. The van der Waals surface area contributed by atoms with E-state index in [4.69, 9.17) is 4.74 Å². The van der Waals surface area contributed by atoms with E-state index < -0.39 is 0 Å². The average Bonchev–Trinajstić information content (AvgIpc) is 3.61. The van der Waals surface area contributed by atoms with E-state index in [1.54, 1.807) is 0 Å². The third-order valence-electron chi connectivity index (χ3n) is 9.84. The lowest BCUT2D eigenvalue weighted by atomic mass is 9.51. The molecule has 1 amide bonds. The van der Waals surface area contributed by atoms with E-state index >= 15 is 0 Å². The van der Waals surface area contributed by atoms with Gasteiger partial charge in [0.2, 0.25) is 5.91 Å². The Morgan fingerprint density at radius 2 is 1.97 bits per heavy atom. The number of carbonyl (C=O) groups excluding carboxylic acids is 1. The van der Waals surface area contributed by atoms with Crippen molar-refractivity contribution < 1.29 is 14.6 Å². The number of hydrogen-bond donors (Lipinski definition) is 2. The Labute approximate surface area is 207 Å². The van der Waals surface area contributed by atoms with Crippen LogP contribution in [0.5, 0.6) is 5.75 Å². The zero-order valence-electron chi connectivity index (χ0n) is 20.4. The Kier molecular flexibility index (Phi) is 5.05. The summed E-state index contributed by atoms with van der Waals surface area (Å²) in [5.74, 6) is 1.32. The summed E-state index contributed by atoms with van der Waals surface area (Å²) in [6.45, 7) is 2.28. The number of ether oxygens (including phenoxy) is 1. The number of fused-ring (bicyclic) bond motifs is 2. The molecule has 1 spiro atoms. The molecule has 5 atom stereocenters. The van der Waals surface area contributed by atoms with Gasteiger partial charge in [-0.3, -0.25) is 9.69 Å². The van der Waals surface area contributed by atoms with Crippen LogP contribution >= 0.6 is 0 Å². The average molecular weight is 473 g/mol. The van der Waals surface area contributed by atoms with Crippen molar-refractivity contribution in [1.82, 2.24) is 10.2 Å². The van der Waals surface area contributed by atoms with Crippen LogP contribution in [0.25, 0.3) is 0 Å². The minimum Gasteiger partial charge on any atom is -0.508 e. The molecule has 3 heterocycles. The summed E-state index contributed by atoms with van der Waals surface area (Å²) >= 11 is 0. The number of benzene rings is 2. The molecule has 3 saturated heterocycles. The van der Waals surface area contributed by atoms with Crippen LogP contribution in [0.15, 0.2) is 48.5 Å². The number of nitrogens with one attached hydrogen (secondary N) is 1. The fourth-order valence-electron chi connectivity index (χ4n) is 8.06. The quantitative estimate of drug-likeness (QED) is 0.664. The number of piperidine rings is 1. The van der Waals surface area contributed by atoms with Crippen molar-refractivity contribution in [2.45, 2.75) is 87.0 Å². The highest BCUT2D eigenvalue weighted by Gasteiger charge is 2.70. The number of rotatable bonds is 6. The zero-order valence-corrected chi connectivity index (χ0v) is 20.4. The van der Waals surface area contributed by atoms with Gasteiger partial charge in [0, 0.05) is 24.4 Å². The van der Waals surface area contributed by atoms with E-state index in [2.05, 4.69) is 28.4 Å². The highest BCUT2D eigenvalue weighted by atomic mass is 16.5. The number of nitrogens with zero attached hydrogens (tertiary/aromatic N) is 1. The first-order valence-corrected chi connectivity index (χ1v) is 13.6. The van der Waals surface area contributed by atoms with E-state index in [1.807, 2.05) is 30.3 Å². The normalized spacial score (nSPS) is 35.3. The van der Waals surface area contributed by atoms with Crippen LogP contribution in [0, 0.1) is 5.92 Å². The molecule has 5 aliphatic rings. The minimum absolute atomic E-state index is 0.0258. The summed E-state index contributed by atoms with van der Waals surface area (Å²) in [5, 5.41) is 13.9. The van der Waals surface area contributed by atoms with Crippen LogP contribution in [0.3, 0.4) is 0 Å². The molecule has 3 aliphatic heterocycles. The highest BCUT2D eigenvalue weighted by Crippen LogP contribution is 2.63. The monoisotopic (exact) mass is 472 g/mol. The van der Waals surface area contributed by atoms with E-state index in [-0.39, 0.29) is 29.1 Å². The van der Waals surface area contributed by atoms with Crippen LogP contribution in [0.4, 0.5) is 0 Å². The van der Waals surface area contributed by atoms with Crippen molar-refractivity contribution in [3.63, 3.8) is 0 Å². The number of hydrogen-bond acceptors (Lipinski definition) is 4. The number of likely N-dealkylation sites (tertiary alicyclic amines) is 1. The second kappa shape index (κ2) is 8.07. The molecule has 7 rings (SSSR count). The summed E-state index contributed by atoms with van der Waals surface area (Å²) in [6.07, 6.45) is 9.10. The molecule has 1 saturated carbocycles. The Morgan fingerprint density at radius 1 is 1.11 bits per heavy atom. The number of amides is 1. The molecule has 2 aliphatic carbocycles. The maximum absolute atomic E-state index is 13.1. The van der Waals surface area contributed by atoms with Crippen LogP contribution in [0.1, 0.15) is 61.6 Å². The molecule has 5 heteroatoms. The van der Waals surface area contributed by atoms with Gasteiger partial charge >= 0.3 is 0 Å². The molecule has 2 aromatic carbocycles. The lowest BCUT2D eigenvalue weighted by Gasteiger charge is -2.65. The highest BCUT2D eigenvalue weighted by molar-refractivity contribution is 5.76. The van der Waals surface area contributed by atoms with E-state index in [0.717, 1.165) is 51.0 Å². The molecular weight excluding hydrogens is 436 g/mol. The smallest absolute Gasteiger partial charge is 0.220 e. The van der Waals surface area contributed by atoms with Crippen molar-refractivity contribution in [3.05, 3.63) is 65.2 Å². The molecule has 184 valence electrons. The van der Waals surface area contributed by atoms with Crippen LogP contribution < -0.4 is 5.32 Å². The van der Waals surface area contributed by atoms with Crippen LogP contribution in [-0.2, 0) is 27.8 Å². The van der Waals surface area contributed by atoms with E-state index in [0.29, 0.717) is 18.2 Å². The summed E-state index contributed by atoms with van der Waals surface area (Å²) < 4.78 is 7.11. The minimum atomic E-state index is -0.198. The second-order valence-corrected chi connectivity index (χ2v) is 11.8. The standard InChI is InChI=1S/C30H36N2O3/c33-23-10-9-22-16-27-30-13-12-26(35-30)25(31-28(34)11-8-20-4-2-1-3-5-20)18-29(30,24(22)17-23)14-15-32(27)19-21-6-7-21/h1-5,9-10,17,21,25-27,33H,6-8,11-16,18-19H2,(H,31,34)/t25-,26-,27+,29+,30+/m0/s1. The molecule has 0 unspecified atom stereocenters. The first-order chi connectivity index (χ1) is 17.1. The first kappa shape index (κ1) is 21.9. The maximum Gasteiger partial charge on any atom is 0.220 e. The number of aryl methyl sites for hydroxylation is 1. The van der Waals surface area contributed by atoms with Gasteiger partial charge in [0.05, 0.1) is 17.7 Å². The topological polar surface area (TPSA) is 61.8 Å². The van der Waals surface area contributed by atoms with Gasteiger partial charge in [-0.15, -0.1) is 0 Å². The molecule has 5 nitrogen and oxygen atoms in total. The van der Waals surface area contributed by atoms with Gasteiger partial charge in [0.25, 0.3) is 0 Å². The molecule has 2 N–H and O–H groups in total. The SMILES string of the molecule is O=C(CCc1ccccc1)N[C@H]1C[C@]23CCN(CC4CC4)[C@H](Cc4ccc(O)cc42)[C@]32CC[C@@H]1O2. The molecule has 0 aromatic heterocycles. The number of phenolic OH excluding ortho intramolecular Hbond substituents is 1. The summed E-state index contributed by atoms with van der Waals surface area (Å²) in [4.78, 5) is 15.8. The molecule has 0 radical (unpaired) electrons. The second-order valence-electron chi connectivity index (χ2n) is 11.8. The fourth-order valence-corrected chi connectivity index (χ4v) is 8.06. The summed E-state index contributed by atoms with van der Waals surface area (Å²) in [7, 11) is 0. The Balaban J connectivity index is 1.18. The predicted molar refractivity (Wildman–Crippen MR) is 134 cm³/mol. The van der Waals surface area contributed by atoms with Crippen LogP contribution in [-0.4, -0.2) is 52.8 Å². The lowest BCUT2D eigenvalue weighted by molar-refractivity contribution is -0.209. The van der Waals surface area contributed by atoms with Crippen LogP contribution in [0.2, 0.25) is 0 Å². The molecule has 2 aromatic rings.